The van der Waals surface area contributed by atoms with Gasteiger partial charge in [-0.1, -0.05) is 12.1 Å². The van der Waals surface area contributed by atoms with Crippen LogP contribution in [0.3, 0.4) is 0 Å². The van der Waals surface area contributed by atoms with Gasteiger partial charge in [0.25, 0.3) is 0 Å². The zero-order chi connectivity index (χ0) is 20.9. The van der Waals surface area contributed by atoms with Gasteiger partial charge in [-0.25, -0.2) is 9.07 Å². The number of amides is 1. The molecule has 4 rings (SSSR count). The highest BCUT2D eigenvalue weighted by molar-refractivity contribution is 5.80. The van der Waals surface area contributed by atoms with Crippen molar-refractivity contribution < 1.29 is 13.9 Å². The van der Waals surface area contributed by atoms with Crippen LogP contribution in [0.25, 0.3) is 0 Å². The van der Waals surface area contributed by atoms with E-state index in [4.69, 9.17) is 4.74 Å². The second-order valence-electron chi connectivity index (χ2n) is 8.13. The van der Waals surface area contributed by atoms with Crippen LogP contribution in [0.5, 0.6) is 0 Å². The lowest BCUT2D eigenvalue weighted by molar-refractivity contribution is -0.135. The maximum absolute atomic E-state index is 13.7. The molecule has 0 unspecified atom stereocenters. The number of hydrogen-bond donors (Lipinski definition) is 0. The number of ether oxygens (including phenoxy) is 1. The third-order valence-electron chi connectivity index (χ3n) is 5.94. The summed E-state index contributed by atoms with van der Waals surface area (Å²) in [5.41, 5.74) is 0.748. The summed E-state index contributed by atoms with van der Waals surface area (Å²) < 4.78 is 21.0. The molecule has 162 valence electrons. The molecule has 2 saturated heterocycles. The van der Waals surface area contributed by atoms with Crippen molar-refractivity contribution in [1.82, 2.24) is 30.0 Å². The van der Waals surface area contributed by atoms with Crippen LogP contribution in [0.4, 0.5) is 4.39 Å². The molecule has 1 aromatic carbocycles. The highest BCUT2D eigenvalue weighted by atomic mass is 19.1. The molecule has 0 aliphatic carbocycles. The van der Waals surface area contributed by atoms with Gasteiger partial charge in [0.15, 0.2) is 0 Å². The number of nitrogens with zero attached hydrogens (tertiary/aromatic N) is 6. The van der Waals surface area contributed by atoms with E-state index in [-0.39, 0.29) is 11.7 Å². The third kappa shape index (κ3) is 5.02. The first-order valence-corrected chi connectivity index (χ1v) is 10.7. The predicted molar refractivity (Wildman–Crippen MR) is 108 cm³/mol. The summed E-state index contributed by atoms with van der Waals surface area (Å²) in [6, 6.07) is 5.76. The lowest BCUT2D eigenvalue weighted by Gasteiger charge is -2.27. The Morgan fingerprint density at radius 1 is 1.27 bits per heavy atom. The van der Waals surface area contributed by atoms with Gasteiger partial charge in [-0.05, 0) is 60.9 Å². The molecule has 0 radical (unpaired) electrons. The standard InChI is InChI=1S/C21H29FN6O2/c1-16-23-24-25-28(16)20(14-17-5-2-6-18(22)13-17)21(29)27-9-4-8-26(10-11-27)15-19-7-3-12-30-19/h2,5-6,13,19-20H,3-4,7-12,14-15H2,1H3/t19-,20-/m0/s1. The minimum Gasteiger partial charge on any atom is -0.377 e. The van der Waals surface area contributed by atoms with Crippen LogP contribution >= 0.6 is 0 Å². The van der Waals surface area contributed by atoms with Gasteiger partial charge in [0, 0.05) is 39.2 Å². The van der Waals surface area contributed by atoms with Gasteiger partial charge in [0.05, 0.1) is 6.10 Å². The van der Waals surface area contributed by atoms with Gasteiger partial charge < -0.3 is 9.64 Å². The fraction of sp³-hybridized carbons (Fsp3) is 0.619. The molecule has 2 aliphatic rings. The van der Waals surface area contributed by atoms with Crippen LogP contribution in [0.1, 0.15) is 36.7 Å². The van der Waals surface area contributed by atoms with Crippen molar-refractivity contribution in [3.8, 4) is 0 Å². The SMILES string of the molecule is Cc1nnnn1[C@@H](Cc1cccc(F)c1)C(=O)N1CCCN(C[C@@H]2CCCO2)CC1. The molecule has 1 aromatic heterocycles. The number of aromatic nitrogens is 4. The maximum Gasteiger partial charge on any atom is 0.247 e. The zero-order valence-electron chi connectivity index (χ0n) is 17.4. The van der Waals surface area contributed by atoms with Gasteiger partial charge in [-0.15, -0.1) is 5.10 Å². The van der Waals surface area contributed by atoms with Gasteiger partial charge in [-0.3, -0.25) is 9.69 Å². The molecule has 0 N–H and O–H groups in total. The van der Waals surface area contributed by atoms with Crippen LogP contribution in [-0.2, 0) is 16.0 Å². The van der Waals surface area contributed by atoms with Crippen molar-refractivity contribution in [3.63, 3.8) is 0 Å². The Morgan fingerprint density at radius 2 is 2.17 bits per heavy atom. The van der Waals surface area contributed by atoms with Crippen LogP contribution < -0.4 is 0 Å². The lowest BCUT2D eigenvalue weighted by Crippen LogP contribution is -2.41. The number of halogens is 1. The number of rotatable bonds is 6. The van der Waals surface area contributed by atoms with E-state index in [1.807, 2.05) is 11.0 Å². The Hall–Kier alpha value is -2.39. The molecule has 0 spiro atoms. The minimum atomic E-state index is -0.591. The van der Waals surface area contributed by atoms with Crippen LogP contribution in [0.2, 0.25) is 0 Å². The molecule has 9 heteroatoms. The Kier molecular flexibility index (Phi) is 6.69. The topological polar surface area (TPSA) is 76.4 Å². The molecule has 2 aliphatic heterocycles. The Morgan fingerprint density at radius 3 is 2.90 bits per heavy atom. The van der Waals surface area contributed by atoms with Crippen LogP contribution in [0, 0.1) is 12.7 Å². The predicted octanol–water partition coefficient (Wildman–Crippen LogP) is 1.62. The molecule has 0 bridgehead atoms. The quantitative estimate of drug-likeness (QED) is 0.712. The molecule has 30 heavy (non-hydrogen) atoms. The molecule has 1 amide bonds. The molecular formula is C21H29FN6O2. The average Bonchev–Trinajstić information content (AvgIpc) is 3.33. The number of carbonyl (C=O) groups excluding carboxylic acids is 1. The maximum atomic E-state index is 13.7. The lowest BCUT2D eigenvalue weighted by atomic mass is 10.0. The minimum absolute atomic E-state index is 0.0198. The molecule has 3 heterocycles. The summed E-state index contributed by atoms with van der Waals surface area (Å²) in [5.74, 6) is 0.236. The monoisotopic (exact) mass is 416 g/mol. The van der Waals surface area contributed by atoms with E-state index in [9.17, 15) is 9.18 Å². The molecule has 0 saturated carbocycles. The van der Waals surface area contributed by atoms with Gasteiger partial charge in [-0.2, -0.15) is 0 Å². The van der Waals surface area contributed by atoms with Gasteiger partial charge in [0.2, 0.25) is 5.91 Å². The van der Waals surface area contributed by atoms with E-state index >= 15 is 0 Å². The largest absolute Gasteiger partial charge is 0.377 e. The molecule has 8 nitrogen and oxygen atoms in total. The number of hydrogen-bond acceptors (Lipinski definition) is 6. The number of carbonyl (C=O) groups is 1. The van der Waals surface area contributed by atoms with Crippen LogP contribution in [0.15, 0.2) is 24.3 Å². The van der Waals surface area contributed by atoms with E-state index in [0.717, 1.165) is 51.1 Å². The van der Waals surface area contributed by atoms with Crippen LogP contribution in [-0.4, -0.2) is 81.3 Å². The van der Waals surface area contributed by atoms with Gasteiger partial charge in [0.1, 0.15) is 17.7 Å². The van der Waals surface area contributed by atoms with Gasteiger partial charge >= 0.3 is 0 Å². The first-order chi connectivity index (χ1) is 14.6. The molecule has 2 fully saturated rings. The number of tetrazole rings is 1. The van der Waals surface area contributed by atoms with Crippen molar-refractivity contribution in [2.75, 3.05) is 39.3 Å². The first kappa shape index (κ1) is 20.9. The second-order valence-corrected chi connectivity index (χ2v) is 8.13. The first-order valence-electron chi connectivity index (χ1n) is 10.7. The summed E-state index contributed by atoms with van der Waals surface area (Å²) in [5, 5.41) is 11.7. The smallest absolute Gasteiger partial charge is 0.247 e. The Labute approximate surface area is 176 Å². The van der Waals surface area contributed by atoms with E-state index in [2.05, 4.69) is 20.4 Å². The summed E-state index contributed by atoms with van der Waals surface area (Å²) in [6.45, 7) is 6.71. The molecule has 2 atom stereocenters. The summed E-state index contributed by atoms with van der Waals surface area (Å²) in [7, 11) is 0. The Bertz CT molecular complexity index is 854. The summed E-state index contributed by atoms with van der Waals surface area (Å²) in [4.78, 5) is 17.8. The number of benzene rings is 1. The molecule has 2 aromatic rings. The summed E-state index contributed by atoms with van der Waals surface area (Å²) >= 11 is 0. The second kappa shape index (κ2) is 9.61. The highest BCUT2D eigenvalue weighted by Crippen LogP contribution is 2.20. The average molecular weight is 417 g/mol. The van der Waals surface area contributed by atoms with Crippen molar-refractivity contribution in [2.45, 2.75) is 44.8 Å². The zero-order valence-corrected chi connectivity index (χ0v) is 17.4. The fourth-order valence-electron chi connectivity index (χ4n) is 4.35. The van der Waals surface area contributed by atoms with E-state index < -0.39 is 6.04 Å². The van der Waals surface area contributed by atoms with Crippen molar-refractivity contribution in [3.05, 3.63) is 41.5 Å². The highest BCUT2D eigenvalue weighted by Gasteiger charge is 2.30. The Balaban J connectivity index is 1.46. The van der Waals surface area contributed by atoms with Crippen molar-refractivity contribution >= 4 is 5.91 Å². The molecular weight excluding hydrogens is 387 g/mol. The van der Waals surface area contributed by atoms with Crippen molar-refractivity contribution in [1.29, 1.82) is 0 Å². The van der Waals surface area contributed by atoms with E-state index in [1.165, 1.54) is 12.1 Å². The summed E-state index contributed by atoms with van der Waals surface area (Å²) in [6.07, 6.45) is 3.83. The normalized spacial score (nSPS) is 21.5. The fourth-order valence-corrected chi connectivity index (χ4v) is 4.35. The van der Waals surface area contributed by atoms with E-state index in [1.54, 1.807) is 17.7 Å². The number of aryl methyl sites for hydroxylation is 1. The third-order valence-corrected chi connectivity index (χ3v) is 5.94. The van der Waals surface area contributed by atoms with E-state index in [0.29, 0.717) is 31.4 Å². The van der Waals surface area contributed by atoms with Crippen molar-refractivity contribution in [2.24, 2.45) is 0 Å².